The molecule has 30 heavy (non-hydrogen) atoms. The lowest BCUT2D eigenvalue weighted by Crippen LogP contribution is -2.14. The van der Waals surface area contributed by atoms with Gasteiger partial charge in [-0.2, -0.15) is 5.26 Å². The van der Waals surface area contributed by atoms with Gasteiger partial charge in [-0.15, -0.1) is 21.5 Å². The summed E-state index contributed by atoms with van der Waals surface area (Å²) in [6, 6.07) is 22.9. The van der Waals surface area contributed by atoms with Gasteiger partial charge in [0.2, 0.25) is 5.91 Å². The van der Waals surface area contributed by atoms with Gasteiger partial charge in [0.25, 0.3) is 0 Å². The molecule has 0 saturated heterocycles. The number of benzene rings is 2. The fraction of sp³-hybridized carbons (Fsp3) is 0.0909. The molecule has 0 aliphatic heterocycles. The zero-order valence-electron chi connectivity index (χ0n) is 15.9. The minimum atomic E-state index is -0.142. The number of hydrogen-bond donors (Lipinski definition) is 1. The van der Waals surface area contributed by atoms with Crippen LogP contribution in [-0.2, 0) is 11.3 Å². The monoisotopic (exact) mass is 431 g/mol. The van der Waals surface area contributed by atoms with Crippen molar-refractivity contribution in [2.24, 2.45) is 0 Å². The quantitative estimate of drug-likeness (QED) is 0.430. The number of hydrogen-bond acceptors (Lipinski definition) is 6. The largest absolute Gasteiger partial charge is 0.325 e. The van der Waals surface area contributed by atoms with Gasteiger partial charge in [-0.3, -0.25) is 9.36 Å². The van der Waals surface area contributed by atoms with Crippen molar-refractivity contribution in [2.45, 2.75) is 11.7 Å². The fourth-order valence-electron chi connectivity index (χ4n) is 2.85. The number of anilines is 1. The second-order valence-corrected chi connectivity index (χ2v) is 8.27. The van der Waals surface area contributed by atoms with Gasteiger partial charge in [0.1, 0.15) is 0 Å². The van der Waals surface area contributed by atoms with E-state index in [0.717, 1.165) is 16.3 Å². The van der Waals surface area contributed by atoms with Crippen LogP contribution >= 0.6 is 23.1 Å². The lowest BCUT2D eigenvalue weighted by Gasteiger charge is -2.10. The predicted octanol–water partition coefficient (Wildman–Crippen LogP) is 4.66. The third-order valence-corrected chi connectivity index (χ3v) is 6.10. The average molecular weight is 432 g/mol. The number of aromatic nitrogens is 3. The highest BCUT2D eigenvalue weighted by Crippen LogP contribution is 2.28. The summed E-state index contributed by atoms with van der Waals surface area (Å²) in [6.07, 6.45) is 0. The summed E-state index contributed by atoms with van der Waals surface area (Å²) >= 11 is 2.96. The van der Waals surface area contributed by atoms with Crippen LogP contribution in [0.15, 0.2) is 77.3 Å². The summed E-state index contributed by atoms with van der Waals surface area (Å²) in [5, 5.41) is 23.1. The van der Waals surface area contributed by atoms with Crippen molar-refractivity contribution in [1.29, 1.82) is 5.26 Å². The fourth-order valence-corrected chi connectivity index (χ4v) is 4.30. The van der Waals surface area contributed by atoms with Crippen molar-refractivity contribution in [3.63, 3.8) is 0 Å². The Hall–Kier alpha value is -3.41. The first kappa shape index (κ1) is 19.9. The second-order valence-electron chi connectivity index (χ2n) is 6.38. The van der Waals surface area contributed by atoms with Crippen LogP contribution < -0.4 is 5.32 Å². The van der Waals surface area contributed by atoms with Crippen LogP contribution in [0.5, 0.6) is 0 Å². The Morgan fingerprint density at radius 2 is 1.87 bits per heavy atom. The zero-order chi connectivity index (χ0) is 20.8. The van der Waals surface area contributed by atoms with E-state index in [0.29, 0.717) is 23.0 Å². The summed E-state index contributed by atoms with van der Waals surface area (Å²) in [6.45, 7) is 0.626. The SMILES string of the molecule is N#Cc1ccc(NC(=O)CSc2nnc(-c3cccs3)n2Cc2ccccc2)cc1. The molecule has 6 nitrogen and oxygen atoms in total. The van der Waals surface area contributed by atoms with Crippen molar-refractivity contribution in [3.8, 4) is 16.8 Å². The molecule has 2 aromatic carbocycles. The van der Waals surface area contributed by atoms with Crippen molar-refractivity contribution in [3.05, 3.63) is 83.2 Å². The molecule has 1 N–H and O–H groups in total. The highest BCUT2D eigenvalue weighted by molar-refractivity contribution is 7.99. The zero-order valence-corrected chi connectivity index (χ0v) is 17.5. The molecule has 0 fully saturated rings. The molecule has 148 valence electrons. The Morgan fingerprint density at radius 3 is 2.57 bits per heavy atom. The number of nitrogens with zero attached hydrogens (tertiary/aromatic N) is 4. The lowest BCUT2D eigenvalue weighted by atomic mass is 10.2. The van der Waals surface area contributed by atoms with E-state index in [1.165, 1.54) is 11.8 Å². The number of rotatable bonds is 7. The number of amides is 1. The van der Waals surface area contributed by atoms with E-state index in [1.807, 2.05) is 40.3 Å². The number of carbonyl (C=O) groups is 1. The van der Waals surface area contributed by atoms with E-state index < -0.39 is 0 Å². The second kappa shape index (κ2) is 9.39. The molecule has 0 aliphatic carbocycles. The van der Waals surface area contributed by atoms with Crippen molar-refractivity contribution >= 4 is 34.7 Å². The van der Waals surface area contributed by atoms with Crippen LogP contribution in [0.1, 0.15) is 11.1 Å². The first-order chi connectivity index (χ1) is 14.7. The Kier molecular flexibility index (Phi) is 6.23. The van der Waals surface area contributed by atoms with Gasteiger partial charge < -0.3 is 5.32 Å². The summed E-state index contributed by atoms with van der Waals surface area (Å²) in [7, 11) is 0. The van der Waals surface area contributed by atoms with Crippen molar-refractivity contribution in [1.82, 2.24) is 14.8 Å². The summed E-state index contributed by atoms with van der Waals surface area (Å²) < 4.78 is 2.04. The Labute approximate surface area is 182 Å². The third kappa shape index (κ3) is 4.76. The van der Waals surface area contributed by atoms with E-state index >= 15 is 0 Å². The highest BCUT2D eigenvalue weighted by Gasteiger charge is 2.17. The van der Waals surface area contributed by atoms with Gasteiger partial charge >= 0.3 is 0 Å². The average Bonchev–Trinajstić information content (AvgIpc) is 3.44. The molecule has 4 rings (SSSR count). The van der Waals surface area contributed by atoms with E-state index in [1.54, 1.807) is 35.6 Å². The van der Waals surface area contributed by atoms with E-state index in [4.69, 9.17) is 5.26 Å². The van der Waals surface area contributed by atoms with Crippen LogP contribution in [0.2, 0.25) is 0 Å². The maximum atomic E-state index is 12.4. The summed E-state index contributed by atoms with van der Waals surface area (Å²) in [5.41, 5.74) is 2.35. The molecule has 0 atom stereocenters. The number of nitrogens with one attached hydrogen (secondary N) is 1. The Morgan fingerprint density at radius 1 is 1.07 bits per heavy atom. The molecule has 2 aromatic heterocycles. The molecule has 0 unspecified atom stereocenters. The third-order valence-electron chi connectivity index (χ3n) is 4.27. The molecule has 1 amide bonds. The first-order valence-electron chi connectivity index (χ1n) is 9.17. The van der Waals surface area contributed by atoms with Crippen LogP contribution in [-0.4, -0.2) is 26.4 Å². The smallest absolute Gasteiger partial charge is 0.234 e. The molecular formula is C22H17N5OS2. The molecule has 4 aromatic rings. The van der Waals surface area contributed by atoms with Crippen LogP contribution in [0.3, 0.4) is 0 Å². The van der Waals surface area contributed by atoms with Crippen LogP contribution in [0.4, 0.5) is 5.69 Å². The molecular weight excluding hydrogens is 414 g/mol. The standard InChI is InChI=1S/C22H17N5OS2/c23-13-16-8-10-18(11-9-16)24-20(28)15-30-22-26-25-21(19-7-4-12-29-19)27(22)14-17-5-2-1-3-6-17/h1-12H,14-15H2,(H,24,28). The number of nitriles is 1. The van der Waals surface area contributed by atoms with Gasteiger partial charge in [0.15, 0.2) is 11.0 Å². The van der Waals surface area contributed by atoms with Gasteiger partial charge in [0, 0.05) is 5.69 Å². The van der Waals surface area contributed by atoms with Gasteiger partial charge in [-0.05, 0) is 41.3 Å². The number of carbonyl (C=O) groups excluding carboxylic acids is 1. The summed E-state index contributed by atoms with van der Waals surface area (Å²) in [4.78, 5) is 13.4. The Bertz CT molecular complexity index is 1160. The van der Waals surface area contributed by atoms with Crippen molar-refractivity contribution < 1.29 is 4.79 Å². The van der Waals surface area contributed by atoms with Crippen LogP contribution in [0, 0.1) is 11.3 Å². The molecule has 0 bridgehead atoms. The number of thioether (sulfide) groups is 1. The van der Waals surface area contributed by atoms with E-state index in [2.05, 4.69) is 33.7 Å². The highest BCUT2D eigenvalue weighted by atomic mass is 32.2. The normalized spacial score (nSPS) is 10.5. The predicted molar refractivity (Wildman–Crippen MR) is 119 cm³/mol. The van der Waals surface area contributed by atoms with Gasteiger partial charge in [-0.1, -0.05) is 48.2 Å². The maximum absolute atomic E-state index is 12.4. The van der Waals surface area contributed by atoms with Gasteiger partial charge in [0.05, 0.1) is 28.8 Å². The summed E-state index contributed by atoms with van der Waals surface area (Å²) in [5.74, 6) is 0.859. The topological polar surface area (TPSA) is 83.6 Å². The first-order valence-corrected chi connectivity index (χ1v) is 11.0. The lowest BCUT2D eigenvalue weighted by molar-refractivity contribution is -0.113. The number of thiophene rings is 1. The van der Waals surface area contributed by atoms with Crippen molar-refractivity contribution in [2.75, 3.05) is 11.1 Å². The minimum Gasteiger partial charge on any atom is -0.325 e. The van der Waals surface area contributed by atoms with E-state index in [9.17, 15) is 4.79 Å². The Balaban J connectivity index is 1.49. The molecule has 8 heteroatoms. The molecule has 2 heterocycles. The van der Waals surface area contributed by atoms with Crippen LogP contribution in [0.25, 0.3) is 10.7 Å². The maximum Gasteiger partial charge on any atom is 0.234 e. The van der Waals surface area contributed by atoms with E-state index in [-0.39, 0.29) is 11.7 Å². The van der Waals surface area contributed by atoms with Gasteiger partial charge in [-0.25, -0.2) is 0 Å². The molecule has 0 aliphatic rings. The molecule has 0 spiro atoms. The molecule has 0 saturated carbocycles. The molecule has 0 radical (unpaired) electrons. The minimum absolute atomic E-state index is 0.142.